The Morgan fingerprint density at radius 3 is 2.50 bits per heavy atom. The Morgan fingerprint density at radius 1 is 0.971 bits per heavy atom. The summed E-state index contributed by atoms with van der Waals surface area (Å²) in [6.45, 7) is 4.83. The average molecular weight is 451 g/mol. The van der Waals surface area contributed by atoms with E-state index in [1.165, 1.54) is 0 Å². The zero-order valence-electron chi connectivity index (χ0n) is 19.5. The highest BCUT2D eigenvalue weighted by atomic mass is 16.2. The molecule has 7 heteroatoms. The first-order valence-corrected chi connectivity index (χ1v) is 11.2. The summed E-state index contributed by atoms with van der Waals surface area (Å²) in [7, 11) is 1.92. The smallest absolute Gasteiger partial charge is 0.256 e. The number of aromatic amines is 1. The van der Waals surface area contributed by atoms with Crippen molar-refractivity contribution in [1.82, 2.24) is 29.6 Å². The molecule has 0 aliphatic rings. The standard InChI is InChI=1S/C27H26N6O/c1-18-24(19(2)32(3)31-18)17-33(16-23-15-29-26(30-23)20-9-5-4-6-10-20)27(34)22-13-21-11-7-8-12-25(21)28-14-22/h4-15H,16-17H2,1-3H3,(H,29,30). The van der Waals surface area contributed by atoms with E-state index < -0.39 is 0 Å². The van der Waals surface area contributed by atoms with E-state index in [1.807, 2.05) is 91.1 Å². The molecule has 170 valence electrons. The number of pyridine rings is 1. The number of nitrogens with zero attached hydrogens (tertiary/aromatic N) is 5. The van der Waals surface area contributed by atoms with Gasteiger partial charge in [-0.15, -0.1) is 0 Å². The van der Waals surface area contributed by atoms with Gasteiger partial charge in [0.15, 0.2) is 0 Å². The van der Waals surface area contributed by atoms with E-state index in [1.54, 1.807) is 12.4 Å². The van der Waals surface area contributed by atoms with Crippen molar-refractivity contribution >= 4 is 16.8 Å². The molecule has 5 rings (SSSR count). The van der Waals surface area contributed by atoms with Gasteiger partial charge in [-0.25, -0.2) is 4.98 Å². The number of amides is 1. The summed E-state index contributed by atoms with van der Waals surface area (Å²) >= 11 is 0. The topological polar surface area (TPSA) is 79.7 Å². The Labute approximate surface area is 198 Å². The highest BCUT2D eigenvalue weighted by molar-refractivity contribution is 5.97. The first kappa shape index (κ1) is 21.6. The summed E-state index contributed by atoms with van der Waals surface area (Å²) in [6, 6.07) is 19.7. The molecule has 0 aliphatic carbocycles. The van der Waals surface area contributed by atoms with Crippen molar-refractivity contribution in [2.45, 2.75) is 26.9 Å². The number of carbonyl (C=O) groups excluding carboxylic acids is 1. The van der Waals surface area contributed by atoms with Gasteiger partial charge in [0, 0.05) is 35.5 Å². The second-order valence-electron chi connectivity index (χ2n) is 8.47. The van der Waals surface area contributed by atoms with Crippen molar-refractivity contribution in [2.75, 3.05) is 0 Å². The molecule has 3 heterocycles. The molecule has 0 saturated carbocycles. The molecular weight excluding hydrogens is 424 g/mol. The van der Waals surface area contributed by atoms with E-state index in [-0.39, 0.29) is 5.91 Å². The Balaban J connectivity index is 1.49. The van der Waals surface area contributed by atoms with Gasteiger partial charge >= 0.3 is 0 Å². The lowest BCUT2D eigenvalue weighted by molar-refractivity contribution is 0.0727. The van der Waals surface area contributed by atoms with E-state index in [2.05, 4.69) is 20.1 Å². The predicted octanol–water partition coefficient (Wildman–Crippen LogP) is 4.82. The summed E-state index contributed by atoms with van der Waals surface area (Å²) < 4.78 is 1.86. The zero-order valence-corrected chi connectivity index (χ0v) is 19.5. The Bertz CT molecular complexity index is 1470. The van der Waals surface area contributed by atoms with Crippen LogP contribution in [0.2, 0.25) is 0 Å². The quantitative estimate of drug-likeness (QED) is 0.402. The Morgan fingerprint density at radius 2 is 1.74 bits per heavy atom. The minimum atomic E-state index is -0.0863. The van der Waals surface area contributed by atoms with Crippen LogP contribution in [-0.4, -0.2) is 35.5 Å². The van der Waals surface area contributed by atoms with Crippen molar-refractivity contribution in [3.05, 3.63) is 101 Å². The van der Waals surface area contributed by atoms with Crippen LogP contribution < -0.4 is 0 Å². The number of aromatic nitrogens is 5. The number of fused-ring (bicyclic) bond motifs is 1. The molecule has 34 heavy (non-hydrogen) atoms. The van der Waals surface area contributed by atoms with Crippen LogP contribution in [0.5, 0.6) is 0 Å². The minimum absolute atomic E-state index is 0.0863. The molecule has 0 aliphatic heterocycles. The maximum atomic E-state index is 13.7. The number of rotatable bonds is 6. The van der Waals surface area contributed by atoms with E-state index in [0.29, 0.717) is 18.7 Å². The van der Waals surface area contributed by atoms with Gasteiger partial charge in [-0.05, 0) is 26.0 Å². The fraction of sp³-hybridized carbons (Fsp3) is 0.185. The monoisotopic (exact) mass is 450 g/mol. The first-order valence-electron chi connectivity index (χ1n) is 11.2. The van der Waals surface area contributed by atoms with E-state index >= 15 is 0 Å². The number of aryl methyl sites for hydroxylation is 2. The maximum absolute atomic E-state index is 13.7. The third kappa shape index (κ3) is 4.20. The molecule has 0 atom stereocenters. The highest BCUT2D eigenvalue weighted by Crippen LogP contribution is 2.21. The molecular formula is C27H26N6O. The van der Waals surface area contributed by atoms with Gasteiger partial charge in [0.25, 0.3) is 5.91 Å². The third-order valence-electron chi connectivity index (χ3n) is 6.17. The molecule has 2 aromatic carbocycles. The number of carbonyl (C=O) groups is 1. The van der Waals surface area contributed by atoms with Crippen LogP contribution in [0.1, 0.15) is 33.0 Å². The van der Waals surface area contributed by atoms with Crippen LogP contribution in [-0.2, 0) is 20.1 Å². The van der Waals surface area contributed by atoms with Crippen molar-refractivity contribution in [3.8, 4) is 11.4 Å². The van der Waals surface area contributed by atoms with Gasteiger partial charge in [-0.2, -0.15) is 5.10 Å². The van der Waals surface area contributed by atoms with Crippen LogP contribution >= 0.6 is 0 Å². The fourth-order valence-corrected chi connectivity index (χ4v) is 4.20. The summed E-state index contributed by atoms with van der Waals surface area (Å²) in [5.74, 6) is 0.695. The van der Waals surface area contributed by atoms with Crippen LogP contribution in [0.25, 0.3) is 22.3 Å². The van der Waals surface area contributed by atoms with Gasteiger partial charge in [-0.1, -0.05) is 48.5 Å². The van der Waals surface area contributed by atoms with E-state index in [0.717, 1.165) is 44.9 Å². The molecule has 0 saturated heterocycles. The van der Waals surface area contributed by atoms with Crippen LogP contribution in [0.4, 0.5) is 0 Å². The number of benzene rings is 2. The van der Waals surface area contributed by atoms with Crippen molar-refractivity contribution in [1.29, 1.82) is 0 Å². The fourth-order valence-electron chi connectivity index (χ4n) is 4.20. The molecule has 1 amide bonds. The van der Waals surface area contributed by atoms with Crippen molar-refractivity contribution in [2.24, 2.45) is 7.05 Å². The number of hydrogen-bond acceptors (Lipinski definition) is 4. The van der Waals surface area contributed by atoms with E-state index in [4.69, 9.17) is 0 Å². The third-order valence-corrected chi connectivity index (χ3v) is 6.17. The van der Waals surface area contributed by atoms with Gasteiger partial charge in [0.05, 0.1) is 41.8 Å². The normalized spacial score (nSPS) is 11.1. The number of para-hydroxylation sites is 1. The molecule has 0 radical (unpaired) electrons. The summed E-state index contributed by atoms with van der Waals surface area (Å²) in [5.41, 5.74) is 6.30. The lowest BCUT2D eigenvalue weighted by atomic mass is 10.1. The molecule has 3 aromatic heterocycles. The lowest BCUT2D eigenvalue weighted by Gasteiger charge is -2.22. The number of nitrogens with one attached hydrogen (secondary N) is 1. The van der Waals surface area contributed by atoms with Crippen LogP contribution in [0, 0.1) is 13.8 Å². The summed E-state index contributed by atoms with van der Waals surface area (Å²) in [5, 5.41) is 5.47. The van der Waals surface area contributed by atoms with Gasteiger partial charge < -0.3 is 9.88 Å². The first-order chi connectivity index (χ1) is 16.5. The number of H-pyrrole nitrogens is 1. The molecule has 0 fully saturated rings. The van der Waals surface area contributed by atoms with Gasteiger partial charge in [0.1, 0.15) is 5.82 Å². The van der Waals surface area contributed by atoms with Crippen LogP contribution in [0.3, 0.4) is 0 Å². The summed E-state index contributed by atoms with van der Waals surface area (Å²) in [6.07, 6.45) is 3.45. The van der Waals surface area contributed by atoms with Crippen LogP contribution in [0.15, 0.2) is 73.1 Å². The predicted molar refractivity (Wildman–Crippen MR) is 132 cm³/mol. The highest BCUT2D eigenvalue weighted by Gasteiger charge is 2.22. The van der Waals surface area contributed by atoms with E-state index in [9.17, 15) is 4.79 Å². The number of hydrogen-bond donors (Lipinski definition) is 1. The average Bonchev–Trinajstić information content (AvgIpc) is 3.43. The minimum Gasteiger partial charge on any atom is -0.340 e. The molecule has 7 nitrogen and oxygen atoms in total. The molecule has 5 aromatic rings. The maximum Gasteiger partial charge on any atom is 0.256 e. The number of imidazole rings is 1. The molecule has 0 bridgehead atoms. The zero-order chi connectivity index (χ0) is 23.7. The second-order valence-corrected chi connectivity index (χ2v) is 8.47. The van der Waals surface area contributed by atoms with Crippen molar-refractivity contribution < 1.29 is 4.79 Å². The van der Waals surface area contributed by atoms with Gasteiger partial charge in [0.2, 0.25) is 0 Å². The SMILES string of the molecule is Cc1nn(C)c(C)c1CN(Cc1cnc(-c2ccccc2)[nH]1)C(=O)c1cnc2ccccc2c1. The lowest BCUT2D eigenvalue weighted by Crippen LogP contribution is -2.31. The Hall–Kier alpha value is -4.26. The summed E-state index contributed by atoms with van der Waals surface area (Å²) in [4.78, 5) is 28.0. The van der Waals surface area contributed by atoms with Gasteiger partial charge in [-0.3, -0.25) is 14.5 Å². The van der Waals surface area contributed by atoms with Crippen molar-refractivity contribution in [3.63, 3.8) is 0 Å². The molecule has 1 N–H and O–H groups in total. The Kier molecular flexibility index (Phi) is 5.67. The molecule has 0 spiro atoms. The largest absolute Gasteiger partial charge is 0.340 e. The molecule has 0 unspecified atom stereocenters. The second kappa shape index (κ2) is 8.94.